The zero-order valence-corrected chi connectivity index (χ0v) is 10.4. The molecule has 7 heteroatoms. The minimum Gasteiger partial charge on any atom is -0.394 e. The van der Waals surface area contributed by atoms with Crippen LogP contribution >= 0.6 is 0 Å². The molecule has 1 aromatic rings. The SMILES string of the molecule is OCC1(Nc2ccc(C(F)(F)F)nn2)CCCCC1. The lowest BCUT2D eigenvalue weighted by Gasteiger charge is -2.36. The Balaban J connectivity index is 2.10. The molecular formula is C12H16F3N3O. The summed E-state index contributed by atoms with van der Waals surface area (Å²) in [5, 5.41) is 19.2. The van der Waals surface area contributed by atoms with Gasteiger partial charge in [0, 0.05) is 0 Å². The van der Waals surface area contributed by atoms with Gasteiger partial charge >= 0.3 is 6.18 Å². The fourth-order valence-corrected chi connectivity index (χ4v) is 2.37. The van der Waals surface area contributed by atoms with Crippen LogP contribution in [0, 0.1) is 0 Å². The number of hydrogen-bond acceptors (Lipinski definition) is 4. The number of alkyl halides is 3. The van der Waals surface area contributed by atoms with Crippen LogP contribution in [0.1, 0.15) is 37.8 Å². The number of aliphatic hydroxyl groups excluding tert-OH is 1. The van der Waals surface area contributed by atoms with Crippen molar-refractivity contribution in [1.82, 2.24) is 10.2 Å². The molecule has 0 unspecified atom stereocenters. The standard InChI is InChI=1S/C12H16F3N3O/c13-12(14,15)9-4-5-10(18-17-9)16-11(8-19)6-2-1-3-7-11/h4-5,19H,1-3,6-8H2,(H,16,18). The van der Waals surface area contributed by atoms with Crippen molar-refractivity contribution in [3.05, 3.63) is 17.8 Å². The Morgan fingerprint density at radius 1 is 1.16 bits per heavy atom. The minimum atomic E-state index is -4.48. The van der Waals surface area contributed by atoms with Crippen molar-refractivity contribution in [3.63, 3.8) is 0 Å². The van der Waals surface area contributed by atoms with Crippen LogP contribution in [0.15, 0.2) is 12.1 Å². The Kier molecular flexibility index (Phi) is 3.93. The summed E-state index contributed by atoms with van der Waals surface area (Å²) in [6.07, 6.45) is 0.175. The predicted molar refractivity (Wildman–Crippen MR) is 63.6 cm³/mol. The van der Waals surface area contributed by atoms with Gasteiger partial charge in [-0.15, -0.1) is 10.2 Å². The van der Waals surface area contributed by atoms with Crippen LogP contribution in [0.25, 0.3) is 0 Å². The maximum absolute atomic E-state index is 12.4. The highest BCUT2D eigenvalue weighted by Crippen LogP contribution is 2.31. The van der Waals surface area contributed by atoms with Crippen molar-refractivity contribution in [3.8, 4) is 0 Å². The molecule has 4 nitrogen and oxygen atoms in total. The average Bonchev–Trinajstić information content (AvgIpc) is 2.39. The molecule has 0 bridgehead atoms. The van der Waals surface area contributed by atoms with E-state index < -0.39 is 17.4 Å². The lowest BCUT2D eigenvalue weighted by molar-refractivity contribution is -0.141. The number of halogens is 3. The van der Waals surface area contributed by atoms with Gasteiger partial charge in [0.15, 0.2) is 5.69 Å². The number of aliphatic hydroxyl groups is 1. The van der Waals surface area contributed by atoms with Gasteiger partial charge in [0.1, 0.15) is 5.82 Å². The van der Waals surface area contributed by atoms with Crippen molar-refractivity contribution in [2.24, 2.45) is 0 Å². The molecule has 106 valence electrons. The molecule has 1 heterocycles. The molecule has 0 saturated heterocycles. The first kappa shape index (κ1) is 14.0. The maximum Gasteiger partial charge on any atom is 0.435 e. The van der Waals surface area contributed by atoms with E-state index in [4.69, 9.17) is 0 Å². The van der Waals surface area contributed by atoms with Crippen molar-refractivity contribution >= 4 is 5.82 Å². The van der Waals surface area contributed by atoms with Crippen LogP contribution in [0.3, 0.4) is 0 Å². The van der Waals surface area contributed by atoms with Gasteiger partial charge in [-0.2, -0.15) is 13.2 Å². The molecule has 0 atom stereocenters. The normalized spacial score (nSPS) is 19.2. The Labute approximate surface area is 109 Å². The van der Waals surface area contributed by atoms with E-state index in [1.165, 1.54) is 6.07 Å². The van der Waals surface area contributed by atoms with E-state index in [1.807, 2.05) is 0 Å². The number of nitrogens with zero attached hydrogens (tertiary/aromatic N) is 2. The highest BCUT2D eigenvalue weighted by atomic mass is 19.4. The molecule has 1 fully saturated rings. The molecule has 1 saturated carbocycles. The second kappa shape index (κ2) is 5.32. The van der Waals surface area contributed by atoms with Gasteiger partial charge in [-0.25, -0.2) is 0 Å². The van der Waals surface area contributed by atoms with Crippen LogP contribution in [-0.2, 0) is 6.18 Å². The summed E-state index contributed by atoms with van der Waals surface area (Å²) >= 11 is 0. The van der Waals surface area contributed by atoms with E-state index in [2.05, 4.69) is 15.5 Å². The zero-order valence-electron chi connectivity index (χ0n) is 10.4. The summed E-state index contributed by atoms with van der Waals surface area (Å²) in [5.74, 6) is 0.268. The predicted octanol–water partition coefficient (Wildman–Crippen LogP) is 2.60. The summed E-state index contributed by atoms with van der Waals surface area (Å²) in [6, 6.07) is 2.14. The highest BCUT2D eigenvalue weighted by molar-refractivity contribution is 5.37. The Morgan fingerprint density at radius 2 is 1.84 bits per heavy atom. The van der Waals surface area contributed by atoms with Gasteiger partial charge in [-0.1, -0.05) is 19.3 Å². The average molecular weight is 275 g/mol. The summed E-state index contributed by atoms with van der Waals surface area (Å²) in [5.41, 5.74) is -1.49. The van der Waals surface area contributed by atoms with Crippen LogP contribution < -0.4 is 5.32 Å². The summed E-state index contributed by atoms with van der Waals surface area (Å²) in [4.78, 5) is 0. The van der Waals surface area contributed by atoms with Gasteiger partial charge in [0.25, 0.3) is 0 Å². The van der Waals surface area contributed by atoms with E-state index in [1.54, 1.807) is 0 Å². The van der Waals surface area contributed by atoms with Crippen molar-refractivity contribution < 1.29 is 18.3 Å². The van der Waals surface area contributed by atoms with Gasteiger partial charge < -0.3 is 10.4 Å². The van der Waals surface area contributed by atoms with E-state index in [0.29, 0.717) is 0 Å². The van der Waals surface area contributed by atoms with E-state index in [-0.39, 0.29) is 12.4 Å². The lowest BCUT2D eigenvalue weighted by atomic mass is 9.82. The van der Waals surface area contributed by atoms with Crippen molar-refractivity contribution in [2.75, 3.05) is 11.9 Å². The van der Waals surface area contributed by atoms with Crippen molar-refractivity contribution in [1.29, 1.82) is 0 Å². The fourth-order valence-electron chi connectivity index (χ4n) is 2.37. The van der Waals surface area contributed by atoms with Crippen LogP contribution in [-0.4, -0.2) is 27.4 Å². The Bertz CT molecular complexity index is 413. The number of hydrogen-bond donors (Lipinski definition) is 2. The summed E-state index contributed by atoms with van der Waals surface area (Å²) in [6.45, 7) is -0.0598. The topological polar surface area (TPSA) is 58.0 Å². The number of rotatable bonds is 3. The van der Waals surface area contributed by atoms with Crippen LogP contribution in [0.5, 0.6) is 0 Å². The van der Waals surface area contributed by atoms with E-state index in [0.717, 1.165) is 38.2 Å². The van der Waals surface area contributed by atoms with Gasteiger partial charge in [-0.3, -0.25) is 0 Å². The minimum absolute atomic E-state index is 0.0598. The number of anilines is 1. The lowest BCUT2D eigenvalue weighted by Crippen LogP contribution is -2.44. The van der Waals surface area contributed by atoms with Gasteiger partial charge in [-0.05, 0) is 25.0 Å². The second-order valence-electron chi connectivity index (χ2n) is 4.93. The highest BCUT2D eigenvalue weighted by Gasteiger charge is 2.34. The molecule has 0 amide bonds. The van der Waals surface area contributed by atoms with Gasteiger partial charge in [0.2, 0.25) is 0 Å². The number of aromatic nitrogens is 2. The molecule has 1 aliphatic carbocycles. The quantitative estimate of drug-likeness (QED) is 0.890. The molecule has 0 aliphatic heterocycles. The first-order chi connectivity index (χ1) is 8.95. The largest absolute Gasteiger partial charge is 0.435 e. The third-order valence-corrected chi connectivity index (χ3v) is 3.46. The molecule has 19 heavy (non-hydrogen) atoms. The molecule has 1 aliphatic rings. The monoisotopic (exact) mass is 275 g/mol. The van der Waals surface area contributed by atoms with Crippen LogP contribution in [0.4, 0.5) is 19.0 Å². The van der Waals surface area contributed by atoms with E-state index >= 15 is 0 Å². The van der Waals surface area contributed by atoms with Crippen LogP contribution in [0.2, 0.25) is 0 Å². The zero-order chi connectivity index (χ0) is 13.9. The second-order valence-corrected chi connectivity index (χ2v) is 4.93. The van der Waals surface area contributed by atoms with Crippen molar-refractivity contribution in [2.45, 2.75) is 43.8 Å². The first-order valence-electron chi connectivity index (χ1n) is 6.25. The molecule has 2 rings (SSSR count). The number of nitrogens with one attached hydrogen (secondary N) is 1. The summed E-state index contributed by atoms with van der Waals surface area (Å²) < 4.78 is 37.1. The Morgan fingerprint density at radius 3 is 2.32 bits per heavy atom. The molecule has 0 radical (unpaired) electrons. The van der Waals surface area contributed by atoms with Gasteiger partial charge in [0.05, 0.1) is 12.1 Å². The third-order valence-electron chi connectivity index (χ3n) is 3.46. The Hall–Kier alpha value is -1.37. The molecule has 1 aromatic heterocycles. The first-order valence-corrected chi connectivity index (χ1v) is 6.25. The maximum atomic E-state index is 12.4. The van der Waals surface area contributed by atoms with E-state index in [9.17, 15) is 18.3 Å². The third kappa shape index (κ3) is 3.34. The smallest absolute Gasteiger partial charge is 0.394 e. The fraction of sp³-hybridized carbons (Fsp3) is 0.667. The molecule has 0 aromatic carbocycles. The molecular weight excluding hydrogens is 259 g/mol. The summed E-state index contributed by atoms with van der Waals surface area (Å²) in [7, 11) is 0. The molecule has 2 N–H and O–H groups in total. The molecule has 0 spiro atoms.